The van der Waals surface area contributed by atoms with E-state index in [2.05, 4.69) is 51.4 Å². The van der Waals surface area contributed by atoms with Crippen molar-refractivity contribution in [2.24, 2.45) is 0 Å². The Hall–Kier alpha value is -1.55. The molecule has 4 heteroatoms. The van der Waals surface area contributed by atoms with Crippen molar-refractivity contribution in [3.63, 3.8) is 0 Å². The monoisotopic (exact) mass is 332 g/mol. The molecule has 1 aromatic heterocycles. The molecular formula is C16H17BrN2O. The van der Waals surface area contributed by atoms with E-state index in [4.69, 9.17) is 4.74 Å². The molecule has 0 amide bonds. The van der Waals surface area contributed by atoms with E-state index >= 15 is 0 Å². The fraction of sp³-hybridized carbons (Fsp3) is 0.312. The molecule has 0 bridgehead atoms. The second-order valence-corrected chi connectivity index (χ2v) is 5.92. The molecule has 1 aromatic carbocycles. The third-order valence-electron chi connectivity index (χ3n) is 3.49. The van der Waals surface area contributed by atoms with E-state index in [0.717, 1.165) is 42.0 Å². The molecule has 3 rings (SSSR count). The van der Waals surface area contributed by atoms with Gasteiger partial charge < -0.3 is 10.1 Å². The minimum Gasteiger partial charge on any atom is -0.493 e. The van der Waals surface area contributed by atoms with Gasteiger partial charge in [-0.15, -0.1) is 0 Å². The number of anilines is 1. The van der Waals surface area contributed by atoms with E-state index < -0.39 is 0 Å². The lowest BCUT2D eigenvalue weighted by atomic mass is 10.0. The zero-order valence-electron chi connectivity index (χ0n) is 11.4. The Balaban J connectivity index is 1.70. The number of nitrogens with one attached hydrogen (secondary N) is 1. The van der Waals surface area contributed by atoms with Gasteiger partial charge in [-0.3, -0.25) is 0 Å². The van der Waals surface area contributed by atoms with Crippen molar-refractivity contribution in [3.05, 3.63) is 51.6 Å². The summed E-state index contributed by atoms with van der Waals surface area (Å²) in [6.45, 7) is 3.68. The number of benzene rings is 1. The van der Waals surface area contributed by atoms with Gasteiger partial charge >= 0.3 is 0 Å². The van der Waals surface area contributed by atoms with Gasteiger partial charge in [0.1, 0.15) is 11.6 Å². The normalized spacial score (nSPS) is 13.5. The smallest absolute Gasteiger partial charge is 0.126 e. The molecule has 0 atom stereocenters. The van der Waals surface area contributed by atoms with Crippen LogP contribution in [0.1, 0.15) is 23.1 Å². The van der Waals surface area contributed by atoms with Gasteiger partial charge in [0.05, 0.1) is 6.61 Å². The molecule has 1 aliphatic rings. The Kier molecular flexibility index (Phi) is 3.92. The van der Waals surface area contributed by atoms with Crippen molar-refractivity contribution >= 4 is 21.7 Å². The Morgan fingerprint density at radius 2 is 2.25 bits per heavy atom. The van der Waals surface area contributed by atoms with Gasteiger partial charge in [-0.2, -0.15) is 0 Å². The average molecular weight is 333 g/mol. The summed E-state index contributed by atoms with van der Waals surface area (Å²) in [6, 6.07) is 8.47. The molecular weight excluding hydrogens is 316 g/mol. The van der Waals surface area contributed by atoms with Gasteiger partial charge in [0.2, 0.25) is 0 Å². The van der Waals surface area contributed by atoms with E-state index in [-0.39, 0.29) is 0 Å². The zero-order valence-corrected chi connectivity index (χ0v) is 13.0. The Bertz CT molecular complexity index is 628. The molecule has 0 aliphatic carbocycles. The van der Waals surface area contributed by atoms with Crippen LogP contribution in [0.5, 0.6) is 5.75 Å². The van der Waals surface area contributed by atoms with Crippen LogP contribution in [0.25, 0.3) is 0 Å². The van der Waals surface area contributed by atoms with Crippen LogP contribution in [-0.4, -0.2) is 11.6 Å². The maximum Gasteiger partial charge on any atom is 0.126 e. The molecule has 1 N–H and O–H groups in total. The van der Waals surface area contributed by atoms with E-state index in [9.17, 15) is 0 Å². The van der Waals surface area contributed by atoms with Crippen LogP contribution in [0.3, 0.4) is 0 Å². The number of fused-ring (bicyclic) bond motifs is 1. The Morgan fingerprint density at radius 3 is 3.10 bits per heavy atom. The molecule has 0 unspecified atom stereocenters. The SMILES string of the molecule is Cc1cc(NCc2ccc3c(c2)CCCO3)ncc1Br. The molecule has 20 heavy (non-hydrogen) atoms. The van der Waals surface area contributed by atoms with Crippen LogP contribution in [0, 0.1) is 6.92 Å². The summed E-state index contributed by atoms with van der Waals surface area (Å²) >= 11 is 3.46. The predicted octanol–water partition coefficient (Wildman–Crippen LogP) is 4.09. The molecule has 1 aliphatic heterocycles. The first-order valence-corrected chi connectivity index (χ1v) is 7.62. The minimum atomic E-state index is 0.779. The van der Waals surface area contributed by atoms with E-state index in [0.29, 0.717) is 0 Å². The van der Waals surface area contributed by atoms with Gasteiger partial charge in [-0.1, -0.05) is 12.1 Å². The number of ether oxygens (including phenoxy) is 1. The molecule has 0 radical (unpaired) electrons. The number of pyridine rings is 1. The van der Waals surface area contributed by atoms with Crippen molar-refractivity contribution in [2.75, 3.05) is 11.9 Å². The topological polar surface area (TPSA) is 34.1 Å². The highest BCUT2D eigenvalue weighted by Crippen LogP contribution is 2.26. The molecule has 104 valence electrons. The van der Waals surface area contributed by atoms with Crippen molar-refractivity contribution in [2.45, 2.75) is 26.3 Å². The van der Waals surface area contributed by atoms with Gasteiger partial charge in [0, 0.05) is 17.2 Å². The summed E-state index contributed by atoms with van der Waals surface area (Å²) in [5, 5.41) is 3.36. The molecule has 0 spiro atoms. The lowest BCUT2D eigenvalue weighted by Gasteiger charge is -2.18. The predicted molar refractivity (Wildman–Crippen MR) is 84.3 cm³/mol. The first kappa shape index (κ1) is 13.4. The van der Waals surface area contributed by atoms with Gasteiger partial charge in [-0.25, -0.2) is 4.98 Å². The maximum atomic E-state index is 5.63. The van der Waals surface area contributed by atoms with Crippen molar-refractivity contribution < 1.29 is 4.74 Å². The highest BCUT2D eigenvalue weighted by atomic mass is 79.9. The summed E-state index contributed by atoms with van der Waals surface area (Å²) in [4.78, 5) is 4.36. The van der Waals surface area contributed by atoms with Gasteiger partial charge in [-0.05, 0) is 64.5 Å². The second-order valence-electron chi connectivity index (χ2n) is 5.07. The first-order chi connectivity index (χ1) is 9.72. The van der Waals surface area contributed by atoms with E-state index in [1.165, 1.54) is 16.7 Å². The average Bonchev–Trinajstić information content (AvgIpc) is 2.48. The van der Waals surface area contributed by atoms with Crippen molar-refractivity contribution in [3.8, 4) is 5.75 Å². The van der Waals surface area contributed by atoms with Crippen LogP contribution >= 0.6 is 15.9 Å². The van der Waals surface area contributed by atoms with Crippen LogP contribution < -0.4 is 10.1 Å². The largest absolute Gasteiger partial charge is 0.493 e. The van der Waals surface area contributed by atoms with Gasteiger partial charge in [0.15, 0.2) is 0 Å². The summed E-state index contributed by atoms with van der Waals surface area (Å²) in [7, 11) is 0. The van der Waals surface area contributed by atoms with E-state index in [1.807, 2.05) is 12.3 Å². The number of rotatable bonds is 3. The standard InChI is InChI=1S/C16H17BrN2O/c1-11-7-16(19-10-14(11)17)18-9-12-4-5-15-13(8-12)3-2-6-20-15/h4-5,7-8,10H,2-3,6,9H2,1H3,(H,18,19). The first-order valence-electron chi connectivity index (χ1n) is 6.83. The zero-order chi connectivity index (χ0) is 13.9. The fourth-order valence-corrected chi connectivity index (χ4v) is 2.57. The summed E-state index contributed by atoms with van der Waals surface area (Å²) in [5.74, 6) is 1.94. The van der Waals surface area contributed by atoms with Gasteiger partial charge in [0.25, 0.3) is 0 Å². The summed E-state index contributed by atoms with van der Waals surface area (Å²) in [5.41, 5.74) is 3.76. The molecule has 2 heterocycles. The van der Waals surface area contributed by atoms with Crippen molar-refractivity contribution in [1.29, 1.82) is 0 Å². The molecule has 2 aromatic rings. The number of nitrogens with zero attached hydrogens (tertiary/aromatic N) is 1. The minimum absolute atomic E-state index is 0.779. The molecule has 3 nitrogen and oxygen atoms in total. The highest BCUT2D eigenvalue weighted by molar-refractivity contribution is 9.10. The number of aromatic nitrogens is 1. The second kappa shape index (κ2) is 5.83. The van der Waals surface area contributed by atoms with E-state index in [1.54, 1.807) is 0 Å². The molecule has 0 saturated carbocycles. The summed E-state index contributed by atoms with van der Waals surface area (Å²) in [6.07, 6.45) is 4.05. The third kappa shape index (κ3) is 2.96. The highest BCUT2D eigenvalue weighted by Gasteiger charge is 2.10. The number of hydrogen-bond acceptors (Lipinski definition) is 3. The third-order valence-corrected chi connectivity index (χ3v) is 4.32. The van der Waals surface area contributed by atoms with Crippen LogP contribution in [-0.2, 0) is 13.0 Å². The Labute approximate surface area is 127 Å². The quantitative estimate of drug-likeness (QED) is 0.919. The lowest BCUT2D eigenvalue weighted by molar-refractivity contribution is 0.288. The maximum absolute atomic E-state index is 5.63. The Morgan fingerprint density at radius 1 is 1.35 bits per heavy atom. The number of hydrogen-bond donors (Lipinski definition) is 1. The van der Waals surface area contributed by atoms with Crippen LogP contribution in [0.15, 0.2) is 34.9 Å². The van der Waals surface area contributed by atoms with Crippen molar-refractivity contribution in [1.82, 2.24) is 4.98 Å². The molecule has 0 saturated heterocycles. The lowest BCUT2D eigenvalue weighted by Crippen LogP contribution is -2.09. The number of halogens is 1. The van der Waals surface area contributed by atoms with Crippen LogP contribution in [0.4, 0.5) is 5.82 Å². The van der Waals surface area contributed by atoms with Crippen LogP contribution in [0.2, 0.25) is 0 Å². The molecule has 0 fully saturated rings. The summed E-state index contributed by atoms with van der Waals surface area (Å²) < 4.78 is 6.67. The number of aryl methyl sites for hydroxylation is 2. The fourth-order valence-electron chi connectivity index (χ4n) is 2.35.